The third kappa shape index (κ3) is 2.48. The van der Waals surface area contributed by atoms with Crippen molar-refractivity contribution in [1.82, 2.24) is 4.98 Å². The highest BCUT2D eigenvalue weighted by Gasteiger charge is 2.39. The van der Waals surface area contributed by atoms with E-state index in [1.165, 1.54) is 17.2 Å². The molecule has 0 radical (unpaired) electrons. The minimum absolute atomic E-state index is 0.0640. The first-order valence-electron chi connectivity index (χ1n) is 4.89. The molecule has 2 heterocycles. The van der Waals surface area contributed by atoms with Crippen LogP contribution in [0.5, 0.6) is 0 Å². The predicted octanol–water partition coefficient (Wildman–Crippen LogP) is 0.895. The standard InChI is InChI=1S/C10H9F2IN2O2/c11-10(12)2-4-15(5-10)8-7(9(16)17)6(13)1-3-14-8/h1,3H,2,4-5H2,(H,16,17)/p-1. The SMILES string of the molecule is O=C([O-])c1c(I)ccnc1N1CCC(F)(F)C1. The number of carboxylic acids is 1. The van der Waals surface area contributed by atoms with Gasteiger partial charge in [0, 0.05) is 22.7 Å². The van der Waals surface area contributed by atoms with Crippen molar-refractivity contribution in [2.75, 3.05) is 18.0 Å². The van der Waals surface area contributed by atoms with E-state index >= 15 is 0 Å². The smallest absolute Gasteiger partial charge is 0.266 e. The van der Waals surface area contributed by atoms with Crippen molar-refractivity contribution in [2.45, 2.75) is 12.3 Å². The quantitative estimate of drug-likeness (QED) is 0.742. The molecule has 0 N–H and O–H groups in total. The Bertz CT molecular complexity index is 468. The third-order valence-electron chi connectivity index (χ3n) is 2.55. The summed E-state index contributed by atoms with van der Waals surface area (Å²) in [4.78, 5) is 16.2. The zero-order chi connectivity index (χ0) is 12.6. The Morgan fingerprint density at radius 2 is 2.29 bits per heavy atom. The minimum Gasteiger partial charge on any atom is -0.545 e. The molecular formula is C10H8F2IN2O2-. The Hall–Kier alpha value is -0.990. The van der Waals surface area contributed by atoms with Crippen LogP contribution < -0.4 is 10.0 Å². The summed E-state index contributed by atoms with van der Waals surface area (Å²) >= 11 is 1.82. The van der Waals surface area contributed by atoms with Gasteiger partial charge in [-0.25, -0.2) is 13.8 Å². The number of pyridine rings is 1. The van der Waals surface area contributed by atoms with Gasteiger partial charge in [0.1, 0.15) is 5.82 Å². The van der Waals surface area contributed by atoms with Crippen LogP contribution in [0.1, 0.15) is 16.8 Å². The monoisotopic (exact) mass is 353 g/mol. The maximum Gasteiger partial charge on any atom is 0.266 e. The lowest BCUT2D eigenvalue weighted by molar-refractivity contribution is -0.255. The second kappa shape index (κ2) is 4.35. The van der Waals surface area contributed by atoms with Gasteiger partial charge in [0.05, 0.1) is 18.1 Å². The molecule has 1 aliphatic heterocycles. The van der Waals surface area contributed by atoms with E-state index in [1.807, 2.05) is 22.6 Å². The van der Waals surface area contributed by atoms with Crippen LogP contribution in [0.3, 0.4) is 0 Å². The molecule has 1 aliphatic rings. The molecule has 1 fully saturated rings. The maximum atomic E-state index is 13.1. The fourth-order valence-electron chi connectivity index (χ4n) is 1.77. The lowest BCUT2D eigenvalue weighted by Gasteiger charge is -2.21. The summed E-state index contributed by atoms with van der Waals surface area (Å²) in [5.74, 6) is -4.12. The highest BCUT2D eigenvalue weighted by molar-refractivity contribution is 14.1. The van der Waals surface area contributed by atoms with Gasteiger partial charge in [-0.05, 0) is 28.7 Å². The molecule has 1 aromatic heterocycles. The number of anilines is 1. The number of nitrogens with zero attached hydrogens (tertiary/aromatic N) is 2. The van der Waals surface area contributed by atoms with Crippen LogP contribution in [0.4, 0.5) is 14.6 Å². The summed E-state index contributed by atoms with van der Waals surface area (Å²) in [5.41, 5.74) is -0.120. The topological polar surface area (TPSA) is 56.3 Å². The van der Waals surface area contributed by atoms with Crippen molar-refractivity contribution in [1.29, 1.82) is 0 Å². The number of rotatable bonds is 2. The van der Waals surface area contributed by atoms with Crippen molar-refractivity contribution in [3.05, 3.63) is 21.4 Å². The average Bonchev–Trinajstić information content (AvgIpc) is 2.57. The Balaban J connectivity index is 2.40. The van der Waals surface area contributed by atoms with E-state index in [2.05, 4.69) is 4.98 Å². The van der Waals surface area contributed by atoms with Crippen molar-refractivity contribution >= 4 is 34.4 Å². The van der Waals surface area contributed by atoms with Gasteiger partial charge in [0.25, 0.3) is 5.92 Å². The summed E-state index contributed by atoms with van der Waals surface area (Å²) in [7, 11) is 0. The number of aromatic nitrogens is 1. The molecule has 92 valence electrons. The molecule has 0 saturated carbocycles. The Labute approximate surface area is 110 Å². The van der Waals surface area contributed by atoms with E-state index in [0.29, 0.717) is 3.57 Å². The molecule has 0 bridgehead atoms. The summed E-state index contributed by atoms with van der Waals surface area (Å²) < 4.78 is 26.6. The largest absolute Gasteiger partial charge is 0.545 e. The normalized spacial score (nSPS) is 18.4. The first kappa shape index (κ1) is 12.5. The summed E-state index contributed by atoms with van der Waals surface area (Å²) in [5, 5.41) is 11.0. The number of halogens is 3. The van der Waals surface area contributed by atoms with E-state index in [9.17, 15) is 18.7 Å². The molecule has 0 aromatic carbocycles. The van der Waals surface area contributed by atoms with Crippen LogP contribution in [0, 0.1) is 3.57 Å². The number of carbonyl (C=O) groups excluding carboxylic acids is 1. The zero-order valence-electron chi connectivity index (χ0n) is 8.62. The predicted molar refractivity (Wildman–Crippen MR) is 63.1 cm³/mol. The van der Waals surface area contributed by atoms with Gasteiger partial charge >= 0.3 is 0 Å². The minimum atomic E-state index is -2.79. The molecule has 4 nitrogen and oxygen atoms in total. The van der Waals surface area contributed by atoms with Crippen LogP contribution in [0.15, 0.2) is 12.3 Å². The van der Waals surface area contributed by atoms with Crippen molar-refractivity contribution < 1.29 is 18.7 Å². The lowest BCUT2D eigenvalue weighted by Crippen LogP contribution is -2.31. The van der Waals surface area contributed by atoms with Gasteiger partial charge in [-0.15, -0.1) is 0 Å². The van der Waals surface area contributed by atoms with E-state index in [-0.39, 0.29) is 24.3 Å². The van der Waals surface area contributed by atoms with E-state index in [4.69, 9.17) is 0 Å². The van der Waals surface area contributed by atoms with Crippen LogP contribution >= 0.6 is 22.6 Å². The number of hydrogen-bond donors (Lipinski definition) is 0. The highest BCUT2D eigenvalue weighted by atomic mass is 127. The summed E-state index contributed by atoms with van der Waals surface area (Å²) in [6.07, 6.45) is 1.12. The van der Waals surface area contributed by atoms with Crippen LogP contribution in [0.2, 0.25) is 0 Å². The summed E-state index contributed by atoms with van der Waals surface area (Å²) in [6, 6.07) is 1.50. The molecule has 2 rings (SSSR count). The first-order valence-corrected chi connectivity index (χ1v) is 5.97. The van der Waals surface area contributed by atoms with E-state index < -0.39 is 18.4 Å². The van der Waals surface area contributed by atoms with E-state index in [0.717, 1.165) is 0 Å². The molecule has 7 heteroatoms. The molecule has 0 atom stereocenters. The molecule has 1 saturated heterocycles. The zero-order valence-corrected chi connectivity index (χ0v) is 10.8. The first-order chi connectivity index (χ1) is 7.91. The molecule has 0 amide bonds. The molecular weight excluding hydrogens is 345 g/mol. The Morgan fingerprint density at radius 1 is 1.59 bits per heavy atom. The van der Waals surface area contributed by atoms with Crippen LogP contribution in [0.25, 0.3) is 0 Å². The second-order valence-corrected chi connectivity index (χ2v) is 4.97. The lowest BCUT2D eigenvalue weighted by atomic mass is 10.2. The molecule has 0 spiro atoms. The van der Waals surface area contributed by atoms with Crippen LogP contribution in [-0.4, -0.2) is 30.0 Å². The molecule has 0 aliphatic carbocycles. The van der Waals surface area contributed by atoms with Crippen molar-refractivity contribution in [3.8, 4) is 0 Å². The number of aromatic carboxylic acids is 1. The highest BCUT2D eigenvalue weighted by Crippen LogP contribution is 2.32. The van der Waals surface area contributed by atoms with E-state index in [1.54, 1.807) is 0 Å². The van der Waals surface area contributed by atoms with Gasteiger partial charge in [0.2, 0.25) is 0 Å². The number of alkyl halides is 2. The number of carbonyl (C=O) groups is 1. The molecule has 0 unspecified atom stereocenters. The number of carboxylic acid groups (broad SMARTS) is 1. The van der Waals surface area contributed by atoms with Gasteiger partial charge < -0.3 is 14.8 Å². The number of hydrogen-bond acceptors (Lipinski definition) is 4. The Morgan fingerprint density at radius 3 is 2.82 bits per heavy atom. The third-order valence-corrected chi connectivity index (χ3v) is 3.45. The molecule has 1 aromatic rings. The van der Waals surface area contributed by atoms with Gasteiger partial charge in [0.15, 0.2) is 0 Å². The second-order valence-electron chi connectivity index (χ2n) is 3.81. The van der Waals surface area contributed by atoms with Crippen LogP contribution in [-0.2, 0) is 0 Å². The van der Waals surface area contributed by atoms with Gasteiger partial charge in [-0.3, -0.25) is 0 Å². The fraction of sp³-hybridized carbons (Fsp3) is 0.400. The van der Waals surface area contributed by atoms with Gasteiger partial charge in [-0.2, -0.15) is 0 Å². The van der Waals surface area contributed by atoms with Crippen molar-refractivity contribution in [2.24, 2.45) is 0 Å². The van der Waals surface area contributed by atoms with Gasteiger partial charge in [-0.1, -0.05) is 0 Å². The maximum absolute atomic E-state index is 13.1. The van der Waals surface area contributed by atoms with Crippen molar-refractivity contribution in [3.63, 3.8) is 0 Å². The average molecular weight is 353 g/mol. The Kier molecular flexibility index (Phi) is 3.19. The summed E-state index contributed by atoms with van der Waals surface area (Å²) in [6.45, 7) is -0.402. The molecule has 17 heavy (non-hydrogen) atoms. The fourth-order valence-corrected chi connectivity index (χ4v) is 2.40.